The molecule has 0 bridgehead atoms. The van der Waals surface area contributed by atoms with E-state index in [1.807, 2.05) is 13.0 Å². The van der Waals surface area contributed by atoms with Crippen LogP contribution in [0.1, 0.15) is 78.4 Å². The minimum absolute atomic E-state index is 0. The molecule has 0 unspecified atom stereocenters. The molecule has 3 atom stereocenters. The SMILES string of the molecule is C.Cc1cc2c(c(Cl)c1O)C=C1[C@@](C)(CC[C@H]3C(C)(C)CCC[C@]13C)O2. The lowest BCUT2D eigenvalue weighted by molar-refractivity contribution is -0.0516. The molecule has 1 aliphatic heterocycles. The first-order valence-corrected chi connectivity index (χ1v) is 9.90. The zero-order valence-electron chi connectivity index (χ0n) is 16.0. The van der Waals surface area contributed by atoms with Crippen LogP contribution in [-0.2, 0) is 0 Å². The summed E-state index contributed by atoms with van der Waals surface area (Å²) < 4.78 is 6.56. The van der Waals surface area contributed by atoms with Gasteiger partial charge in [0.2, 0.25) is 0 Å². The van der Waals surface area contributed by atoms with E-state index in [9.17, 15) is 5.11 Å². The summed E-state index contributed by atoms with van der Waals surface area (Å²) in [4.78, 5) is 0. The zero-order chi connectivity index (χ0) is 18.2. The van der Waals surface area contributed by atoms with E-state index in [0.717, 1.165) is 23.3 Å². The van der Waals surface area contributed by atoms with E-state index in [1.54, 1.807) is 0 Å². The van der Waals surface area contributed by atoms with Crippen LogP contribution in [0.2, 0.25) is 5.02 Å². The minimum atomic E-state index is -0.265. The molecule has 1 N–H and O–H groups in total. The minimum Gasteiger partial charge on any atom is -0.506 e. The second kappa shape index (κ2) is 5.92. The van der Waals surface area contributed by atoms with Gasteiger partial charge in [0, 0.05) is 5.56 Å². The molecule has 1 aromatic rings. The number of hydrogen-bond acceptors (Lipinski definition) is 2. The van der Waals surface area contributed by atoms with Gasteiger partial charge in [-0.3, -0.25) is 0 Å². The Morgan fingerprint density at radius 1 is 1.15 bits per heavy atom. The Bertz CT molecular complexity index is 779. The van der Waals surface area contributed by atoms with Gasteiger partial charge in [-0.05, 0) is 79.6 Å². The molecular weight excluding hydrogens is 344 g/mol. The molecule has 0 radical (unpaired) electrons. The summed E-state index contributed by atoms with van der Waals surface area (Å²) in [6.07, 6.45) is 8.25. The van der Waals surface area contributed by atoms with Crippen LogP contribution in [-0.4, -0.2) is 10.7 Å². The third kappa shape index (κ3) is 2.52. The van der Waals surface area contributed by atoms with Gasteiger partial charge in [-0.15, -0.1) is 0 Å². The fraction of sp³-hybridized carbons (Fsp3) is 0.652. The van der Waals surface area contributed by atoms with E-state index in [1.165, 1.54) is 31.3 Å². The van der Waals surface area contributed by atoms with Crippen molar-refractivity contribution in [2.24, 2.45) is 16.7 Å². The highest BCUT2D eigenvalue weighted by Gasteiger charge is 2.57. The fourth-order valence-corrected chi connectivity index (χ4v) is 6.39. The van der Waals surface area contributed by atoms with Gasteiger partial charge in [0.25, 0.3) is 0 Å². The van der Waals surface area contributed by atoms with Crippen LogP contribution in [0.15, 0.2) is 11.6 Å². The Kier molecular flexibility index (Phi) is 4.47. The molecule has 3 heteroatoms. The number of rotatable bonds is 0. The first-order chi connectivity index (χ1) is 11.6. The van der Waals surface area contributed by atoms with Gasteiger partial charge in [-0.1, -0.05) is 46.2 Å². The first-order valence-electron chi connectivity index (χ1n) is 9.52. The van der Waals surface area contributed by atoms with Crippen LogP contribution < -0.4 is 4.74 Å². The molecule has 3 aliphatic rings. The van der Waals surface area contributed by atoms with E-state index in [4.69, 9.17) is 16.3 Å². The predicted molar refractivity (Wildman–Crippen MR) is 110 cm³/mol. The average molecular weight is 377 g/mol. The van der Waals surface area contributed by atoms with Crippen LogP contribution in [0.3, 0.4) is 0 Å². The van der Waals surface area contributed by atoms with Gasteiger partial charge >= 0.3 is 0 Å². The monoisotopic (exact) mass is 376 g/mol. The number of phenolic OH excluding ortho intramolecular Hbond substituents is 1. The number of aromatic hydroxyl groups is 1. The first kappa shape index (κ1) is 19.6. The summed E-state index contributed by atoms with van der Waals surface area (Å²) in [5.74, 6) is 1.64. The van der Waals surface area contributed by atoms with Crippen LogP contribution in [0, 0.1) is 23.7 Å². The van der Waals surface area contributed by atoms with Crippen molar-refractivity contribution in [2.75, 3.05) is 0 Å². The van der Waals surface area contributed by atoms with Gasteiger partial charge in [-0.2, -0.15) is 0 Å². The van der Waals surface area contributed by atoms with Crippen LogP contribution in [0.4, 0.5) is 0 Å². The quantitative estimate of drug-likeness (QED) is 0.520. The lowest BCUT2D eigenvalue weighted by Crippen LogP contribution is -2.55. The Balaban J connectivity index is 0.00000196. The van der Waals surface area contributed by atoms with Crippen molar-refractivity contribution in [1.82, 2.24) is 0 Å². The number of fused-ring (bicyclic) bond motifs is 4. The Hall–Kier alpha value is -1.15. The topological polar surface area (TPSA) is 29.5 Å². The summed E-state index contributed by atoms with van der Waals surface area (Å²) in [6, 6.07) is 1.92. The molecule has 4 rings (SSSR count). The number of hydrogen-bond donors (Lipinski definition) is 1. The van der Waals surface area contributed by atoms with Crippen LogP contribution >= 0.6 is 11.6 Å². The van der Waals surface area contributed by atoms with Crippen molar-refractivity contribution in [1.29, 1.82) is 0 Å². The van der Waals surface area contributed by atoms with Crippen molar-refractivity contribution in [3.05, 3.63) is 27.8 Å². The molecule has 2 fully saturated rings. The highest BCUT2D eigenvalue weighted by Crippen LogP contribution is 2.64. The maximum Gasteiger partial charge on any atom is 0.137 e. The summed E-state index contributed by atoms with van der Waals surface area (Å²) in [7, 11) is 0. The highest BCUT2D eigenvalue weighted by atomic mass is 35.5. The largest absolute Gasteiger partial charge is 0.506 e. The second-order valence-electron chi connectivity index (χ2n) is 9.51. The second-order valence-corrected chi connectivity index (χ2v) is 9.89. The van der Waals surface area contributed by atoms with Gasteiger partial charge in [0.1, 0.15) is 17.1 Å². The molecule has 144 valence electrons. The number of benzene rings is 1. The third-order valence-electron chi connectivity index (χ3n) is 7.38. The van der Waals surface area contributed by atoms with Gasteiger partial charge < -0.3 is 9.84 Å². The fourth-order valence-electron chi connectivity index (χ4n) is 6.09. The molecule has 0 aromatic heterocycles. The Morgan fingerprint density at radius 3 is 2.54 bits per heavy atom. The lowest BCUT2D eigenvalue weighted by atomic mass is 9.47. The van der Waals surface area contributed by atoms with Crippen LogP contribution in [0.25, 0.3) is 6.08 Å². The molecule has 2 nitrogen and oxygen atoms in total. The van der Waals surface area contributed by atoms with Crippen molar-refractivity contribution in [3.63, 3.8) is 0 Å². The van der Waals surface area contributed by atoms with E-state index >= 15 is 0 Å². The molecule has 0 spiro atoms. The third-order valence-corrected chi connectivity index (χ3v) is 7.76. The lowest BCUT2D eigenvalue weighted by Gasteiger charge is -2.60. The number of aryl methyl sites for hydroxylation is 1. The Labute approximate surface area is 163 Å². The van der Waals surface area contributed by atoms with Gasteiger partial charge in [-0.25, -0.2) is 0 Å². The molecule has 2 saturated carbocycles. The van der Waals surface area contributed by atoms with Gasteiger partial charge in [0.05, 0.1) is 5.02 Å². The molecular formula is C23H33ClO2. The molecule has 1 heterocycles. The molecule has 26 heavy (non-hydrogen) atoms. The highest BCUT2D eigenvalue weighted by molar-refractivity contribution is 6.34. The number of halogens is 1. The summed E-state index contributed by atoms with van der Waals surface area (Å²) in [5, 5.41) is 10.7. The number of ether oxygens (including phenoxy) is 1. The molecule has 0 amide bonds. The predicted octanol–water partition coefficient (Wildman–Crippen LogP) is 7.15. The van der Waals surface area contributed by atoms with Crippen molar-refractivity contribution in [3.8, 4) is 11.5 Å². The van der Waals surface area contributed by atoms with E-state index in [2.05, 4.69) is 33.8 Å². The summed E-state index contributed by atoms with van der Waals surface area (Å²) in [5.41, 5.74) is 3.22. The van der Waals surface area contributed by atoms with E-state index in [0.29, 0.717) is 16.4 Å². The van der Waals surface area contributed by atoms with E-state index in [-0.39, 0.29) is 24.2 Å². The van der Waals surface area contributed by atoms with Crippen molar-refractivity contribution < 1.29 is 9.84 Å². The van der Waals surface area contributed by atoms with Gasteiger partial charge in [0.15, 0.2) is 0 Å². The summed E-state index contributed by atoms with van der Waals surface area (Å²) in [6.45, 7) is 11.4. The smallest absolute Gasteiger partial charge is 0.137 e. The Morgan fingerprint density at radius 2 is 1.85 bits per heavy atom. The normalized spacial score (nSPS) is 34.4. The average Bonchev–Trinajstić information content (AvgIpc) is 2.50. The standard InChI is InChI=1S/C22H29ClO2.CH4/c1-13-11-15-14(18(23)19(13)24)12-17-21(4)9-6-8-20(2,3)16(21)7-10-22(17,5)25-15;/h11-12,16,24H,6-10H2,1-5H3;1H4/t16-,21-,22+;/m0./s1. The van der Waals surface area contributed by atoms with E-state index < -0.39 is 0 Å². The molecule has 0 saturated heterocycles. The molecule has 2 aliphatic carbocycles. The number of phenols is 1. The van der Waals surface area contributed by atoms with Crippen molar-refractivity contribution in [2.45, 2.75) is 79.8 Å². The van der Waals surface area contributed by atoms with Crippen molar-refractivity contribution >= 4 is 17.7 Å². The zero-order valence-corrected chi connectivity index (χ0v) is 16.8. The molecule has 1 aromatic carbocycles. The summed E-state index contributed by atoms with van der Waals surface area (Å²) >= 11 is 6.50. The maximum atomic E-state index is 10.3. The van der Waals surface area contributed by atoms with Crippen LogP contribution in [0.5, 0.6) is 11.5 Å². The maximum absolute atomic E-state index is 10.3.